The Morgan fingerprint density at radius 2 is 2.06 bits per heavy atom. The fourth-order valence-corrected chi connectivity index (χ4v) is 1.80. The molecule has 0 spiro atoms. The maximum atomic E-state index is 5.34. The summed E-state index contributed by atoms with van der Waals surface area (Å²) in [5, 5.41) is 8.57. The number of nitrogens with one attached hydrogen (secondary N) is 2. The van der Waals surface area contributed by atoms with E-state index in [1.54, 1.807) is 13.3 Å². The third-order valence-corrected chi connectivity index (χ3v) is 2.65. The van der Waals surface area contributed by atoms with Crippen LogP contribution in [0.5, 0.6) is 5.75 Å². The fraction of sp³-hybridized carbons (Fsp3) is 0.308. The molecule has 4 nitrogen and oxygen atoms in total. The summed E-state index contributed by atoms with van der Waals surface area (Å²) in [6.45, 7) is 1.75. The van der Waals surface area contributed by atoms with E-state index >= 15 is 0 Å². The van der Waals surface area contributed by atoms with E-state index in [9.17, 15) is 0 Å². The molecule has 1 aromatic heterocycles. The normalized spacial score (nSPS) is 10.5. The highest BCUT2D eigenvalue weighted by molar-refractivity contribution is 5.95. The molecular formula is C13H17N3O. The molecule has 0 amide bonds. The monoisotopic (exact) mass is 231 g/mol. The van der Waals surface area contributed by atoms with Gasteiger partial charge in [-0.2, -0.15) is 0 Å². The van der Waals surface area contributed by atoms with Gasteiger partial charge in [0.15, 0.2) is 0 Å². The first-order valence-electron chi connectivity index (χ1n) is 5.67. The van der Waals surface area contributed by atoms with Gasteiger partial charge in [0.1, 0.15) is 11.6 Å². The Bertz CT molecular complexity index is 499. The van der Waals surface area contributed by atoms with Crippen LogP contribution in [-0.4, -0.2) is 32.2 Å². The third-order valence-electron chi connectivity index (χ3n) is 2.65. The number of benzene rings is 1. The zero-order chi connectivity index (χ0) is 12.1. The van der Waals surface area contributed by atoms with Crippen LogP contribution in [-0.2, 0) is 0 Å². The number of anilines is 1. The Hall–Kier alpha value is -1.81. The Morgan fingerprint density at radius 1 is 1.18 bits per heavy atom. The lowest BCUT2D eigenvalue weighted by atomic mass is 10.1. The molecule has 2 aromatic rings. The van der Waals surface area contributed by atoms with Gasteiger partial charge in [0.25, 0.3) is 0 Å². The lowest BCUT2D eigenvalue weighted by Crippen LogP contribution is -2.18. The van der Waals surface area contributed by atoms with Gasteiger partial charge in [-0.1, -0.05) is 12.1 Å². The number of fused-ring (bicyclic) bond motifs is 1. The number of pyridine rings is 1. The zero-order valence-corrected chi connectivity index (χ0v) is 10.2. The predicted molar refractivity (Wildman–Crippen MR) is 70.7 cm³/mol. The van der Waals surface area contributed by atoms with Gasteiger partial charge in [-0.15, -0.1) is 0 Å². The van der Waals surface area contributed by atoms with Crippen molar-refractivity contribution in [2.24, 2.45) is 0 Å². The standard InChI is InChI=1S/C13H17N3O/c1-14-8-9-16-13-11-4-3-5-12(17-2)10(11)6-7-15-13/h3-7,14H,8-9H2,1-2H3,(H,15,16). The maximum absolute atomic E-state index is 5.34. The van der Waals surface area contributed by atoms with Crippen molar-refractivity contribution in [1.82, 2.24) is 10.3 Å². The SMILES string of the molecule is CNCCNc1nccc2c(OC)cccc12. The Labute approximate surface area is 101 Å². The Kier molecular flexibility index (Phi) is 3.77. The molecule has 0 unspecified atom stereocenters. The van der Waals surface area contributed by atoms with Crippen LogP contribution in [0.15, 0.2) is 30.5 Å². The first-order chi connectivity index (χ1) is 8.36. The first kappa shape index (κ1) is 11.7. The number of ether oxygens (including phenoxy) is 1. The summed E-state index contributed by atoms with van der Waals surface area (Å²) in [4.78, 5) is 4.36. The molecule has 0 atom stereocenters. The first-order valence-corrected chi connectivity index (χ1v) is 5.67. The quantitative estimate of drug-likeness (QED) is 0.771. The van der Waals surface area contributed by atoms with Crippen LogP contribution in [0.4, 0.5) is 5.82 Å². The molecule has 90 valence electrons. The zero-order valence-electron chi connectivity index (χ0n) is 10.2. The van der Waals surface area contributed by atoms with Crippen molar-refractivity contribution in [3.05, 3.63) is 30.5 Å². The lowest BCUT2D eigenvalue weighted by Gasteiger charge is -2.10. The summed E-state index contributed by atoms with van der Waals surface area (Å²) in [7, 11) is 3.62. The predicted octanol–water partition coefficient (Wildman–Crippen LogP) is 1.87. The molecule has 0 fully saturated rings. The van der Waals surface area contributed by atoms with Gasteiger partial charge in [-0.05, 0) is 19.2 Å². The van der Waals surface area contributed by atoms with Crippen LogP contribution in [0.3, 0.4) is 0 Å². The number of aromatic nitrogens is 1. The Morgan fingerprint density at radius 3 is 2.82 bits per heavy atom. The van der Waals surface area contributed by atoms with Crippen molar-refractivity contribution in [2.75, 3.05) is 32.6 Å². The summed E-state index contributed by atoms with van der Waals surface area (Å²) >= 11 is 0. The highest BCUT2D eigenvalue weighted by Crippen LogP contribution is 2.28. The van der Waals surface area contributed by atoms with E-state index in [4.69, 9.17) is 4.74 Å². The Balaban J connectivity index is 2.36. The van der Waals surface area contributed by atoms with Crippen LogP contribution in [0.1, 0.15) is 0 Å². The molecule has 1 aromatic carbocycles. The maximum Gasteiger partial charge on any atom is 0.133 e. The summed E-state index contributed by atoms with van der Waals surface area (Å²) in [6, 6.07) is 7.95. The van der Waals surface area contributed by atoms with Gasteiger partial charge in [-0.3, -0.25) is 0 Å². The third kappa shape index (κ3) is 2.47. The van der Waals surface area contributed by atoms with Crippen LogP contribution in [0.2, 0.25) is 0 Å². The molecule has 2 N–H and O–H groups in total. The van der Waals surface area contributed by atoms with E-state index in [0.717, 1.165) is 35.4 Å². The van der Waals surface area contributed by atoms with E-state index in [2.05, 4.69) is 15.6 Å². The molecule has 4 heteroatoms. The second-order valence-corrected chi connectivity index (χ2v) is 3.75. The van der Waals surface area contributed by atoms with E-state index in [0.29, 0.717) is 0 Å². The fourth-order valence-electron chi connectivity index (χ4n) is 1.80. The average Bonchev–Trinajstić information content (AvgIpc) is 2.38. The smallest absolute Gasteiger partial charge is 0.133 e. The van der Waals surface area contributed by atoms with Gasteiger partial charge < -0.3 is 15.4 Å². The van der Waals surface area contributed by atoms with Crippen LogP contribution >= 0.6 is 0 Å². The summed E-state index contributed by atoms with van der Waals surface area (Å²) in [6.07, 6.45) is 1.80. The molecule has 0 radical (unpaired) electrons. The number of hydrogen-bond donors (Lipinski definition) is 2. The summed E-state index contributed by atoms with van der Waals surface area (Å²) in [5.41, 5.74) is 0. The van der Waals surface area contributed by atoms with E-state index in [-0.39, 0.29) is 0 Å². The largest absolute Gasteiger partial charge is 0.496 e. The number of rotatable bonds is 5. The van der Waals surface area contributed by atoms with Crippen molar-refractivity contribution in [2.45, 2.75) is 0 Å². The molecule has 0 saturated heterocycles. The number of methoxy groups -OCH3 is 1. The summed E-state index contributed by atoms with van der Waals surface area (Å²) in [5.74, 6) is 1.78. The molecule has 0 aliphatic heterocycles. The minimum Gasteiger partial charge on any atom is -0.496 e. The van der Waals surface area contributed by atoms with Crippen molar-refractivity contribution in [1.29, 1.82) is 0 Å². The van der Waals surface area contributed by atoms with E-state index in [1.807, 2.05) is 31.3 Å². The van der Waals surface area contributed by atoms with Gasteiger partial charge in [-0.25, -0.2) is 4.98 Å². The molecule has 1 heterocycles. The second-order valence-electron chi connectivity index (χ2n) is 3.75. The van der Waals surface area contributed by atoms with Crippen LogP contribution in [0.25, 0.3) is 10.8 Å². The molecule has 0 aliphatic rings. The molecule has 0 bridgehead atoms. The van der Waals surface area contributed by atoms with Crippen molar-refractivity contribution < 1.29 is 4.74 Å². The van der Waals surface area contributed by atoms with E-state index < -0.39 is 0 Å². The van der Waals surface area contributed by atoms with Crippen LogP contribution in [0, 0.1) is 0 Å². The second kappa shape index (κ2) is 5.50. The van der Waals surface area contributed by atoms with Crippen molar-refractivity contribution >= 4 is 16.6 Å². The summed E-state index contributed by atoms with van der Waals surface area (Å²) < 4.78 is 5.34. The minimum atomic E-state index is 0.847. The lowest BCUT2D eigenvalue weighted by molar-refractivity contribution is 0.420. The van der Waals surface area contributed by atoms with Crippen molar-refractivity contribution in [3.63, 3.8) is 0 Å². The van der Waals surface area contributed by atoms with Crippen LogP contribution < -0.4 is 15.4 Å². The van der Waals surface area contributed by atoms with Gasteiger partial charge in [0.2, 0.25) is 0 Å². The van der Waals surface area contributed by atoms with Gasteiger partial charge in [0, 0.05) is 30.1 Å². The molecule has 2 rings (SSSR count). The van der Waals surface area contributed by atoms with Gasteiger partial charge in [0.05, 0.1) is 7.11 Å². The molecule has 0 saturated carbocycles. The number of hydrogen-bond acceptors (Lipinski definition) is 4. The average molecular weight is 231 g/mol. The van der Waals surface area contributed by atoms with Gasteiger partial charge >= 0.3 is 0 Å². The topological polar surface area (TPSA) is 46.2 Å². The molecule has 0 aliphatic carbocycles. The minimum absolute atomic E-state index is 0.847. The highest BCUT2D eigenvalue weighted by Gasteiger charge is 2.05. The van der Waals surface area contributed by atoms with E-state index in [1.165, 1.54) is 0 Å². The molecular weight excluding hydrogens is 214 g/mol. The van der Waals surface area contributed by atoms with Crippen molar-refractivity contribution in [3.8, 4) is 5.75 Å². The highest BCUT2D eigenvalue weighted by atomic mass is 16.5. The number of nitrogens with zero attached hydrogens (tertiary/aromatic N) is 1. The molecule has 17 heavy (non-hydrogen) atoms. The number of likely N-dealkylation sites (N-methyl/N-ethyl adjacent to an activating group) is 1.